The molecule has 1 aliphatic heterocycles. The van der Waals surface area contributed by atoms with E-state index < -0.39 is 0 Å². The Hall–Kier alpha value is -5.00. The summed E-state index contributed by atoms with van der Waals surface area (Å²) in [6.07, 6.45) is 3.67. The highest BCUT2D eigenvalue weighted by Crippen LogP contribution is 2.56. The van der Waals surface area contributed by atoms with Gasteiger partial charge >= 0.3 is 0 Å². The van der Waals surface area contributed by atoms with Crippen molar-refractivity contribution in [3.8, 4) is 22.8 Å². The smallest absolute Gasteiger partial charge is 0.137 e. The molecule has 42 heavy (non-hydrogen) atoms. The van der Waals surface area contributed by atoms with Gasteiger partial charge in [0.2, 0.25) is 0 Å². The number of hydrogen-bond acceptors (Lipinski definition) is 5. The maximum Gasteiger partial charge on any atom is 0.137 e. The molecule has 7 aromatic rings. The fourth-order valence-electron chi connectivity index (χ4n) is 6.30. The Kier molecular flexibility index (Phi) is 5.62. The third-order valence-corrected chi connectivity index (χ3v) is 9.32. The molecule has 4 heterocycles. The van der Waals surface area contributed by atoms with Crippen LogP contribution in [-0.4, -0.2) is 9.97 Å². The number of pyridine rings is 2. The molecule has 0 N–H and O–H groups in total. The second-order valence-corrected chi connectivity index (χ2v) is 12.2. The maximum absolute atomic E-state index is 6.49. The summed E-state index contributed by atoms with van der Waals surface area (Å²) in [5.74, 6) is 2.42. The predicted molar refractivity (Wildman–Crippen MR) is 174 cm³/mol. The zero-order valence-corrected chi connectivity index (χ0v) is 24.1. The van der Waals surface area contributed by atoms with E-state index in [0.717, 1.165) is 39.9 Å². The molecule has 0 aliphatic carbocycles. The molecule has 4 aromatic carbocycles. The van der Waals surface area contributed by atoms with Gasteiger partial charge in [-0.15, -0.1) is 11.3 Å². The van der Waals surface area contributed by atoms with Crippen molar-refractivity contribution >= 4 is 48.7 Å². The van der Waals surface area contributed by atoms with E-state index in [1.807, 2.05) is 72.3 Å². The normalized spacial score (nSPS) is 13.6. The Balaban J connectivity index is 1.30. The molecular weight excluding hydrogens is 534 g/mol. The lowest BCUT2D eigenvalue weighted by molar-refractivity contribution is 0.482. The summed E-state index contributed by atoms with van der Waals surface area (Å²) in [6, 6.07) is 39.8. The first-order valence-corrected chi connectivity index (χ1v) is 14.9. The molecule has 1 aliphatic rings. The molecule has 8 rings (SSSR count). The Bertz CT molecular complexity index is 2100. The zero-order valence-electron chi connectivity index (χ0n) is 23.3. The highest BCUT2D eigenvalue weighted by molar-refractivity contribution is 7.25. The Morgan fingerprint density at radius 3 is 2.31 bits per heavy atom. The third-order valence-electron chi connectivity index (χ3n) is 8.18. The summed E-state index contributed by atoms with van der Waals surface area (Å²) < 4.78 is 9.10. The van der Waals surface area contributed by atoms with Crippen LogP contribution in [-0.2, 0) is 5.41 Å². The van der Waals surface area contributed by atoms with Gasteiger partial charge in [0, 0.05) is 49.6 Å². The minimum atomic E-state index is -0.253. The van der Waals surface area contributed by atoms with Gasteiger partial charge in [0.15, 0.2) is 0 Å². The number of aromatic nitrogens is 2. The second-order valence-electron chi connectivity index (χ2n) is 11.1. The Morgan fingerprint density at radius 1 is 0.667 bits per heavy atom. The van der Waals surface area contributed by atoms with Crippen LogP contribution in [0.25, 0.3) is 31.4 Å². The lowest BCUT2D eigenvalue weighted by atomic mass is 9.72. The maximum atomic E-state index is 6.49. The van der Waals surface area contributed by atoms with Crippen molar-refractivity contribution in [3.63, 3.8) is 0 Å². The van der Waals surface area contributed by atoms with Crippen molar-refractivity contribution in [2.75, 3.05) is 4.90 Å². The molecule has 3 aromatic heterocycles. The fourth-order valence-corrected chi connectivity index (χ4v) is 7.41. The standard InChI is InChI=1S/C37H27N3OS/c1-37(2)28-17-16-26(41-25-11-9-10-24(22-25)29-13-5-7-20-38-29)23-31(28)40(34-15-6-8-21-39-34)30-18-19-33-35(36(30)37)27-12-3-4-14-32(27)42-33/h3-23H,1-2H3. The van der Waals surface area contributed by atoms with Crippen molar-refractivity contribution in [1.82, 2.24) is 9.97 Å². The van der Waals surface area contributed by atoms with E-state index in [-0.39, 0.29) is 5.41 Å². The SMILES string of the molecule is CC1(C)c2ccc(Oc3cccc(-c4ccccn4)c3)cc2N(c2ccccn2)c2ccc3sc4ccccc4c3c21. The number of fused-ring (bicyclic) bond motifs is 6. The van der Waals surface area contributed by atoms with Crippen molar-refractivity contribution in [1.29, 1.82) is 0 Å². The number of rotatable bonds is 4. The lowest BCUT2D eigenvalue weighted by Gasteiger charge is -2.42. The third kappa shape index (κ3) is 3.89. The van der Waals surface area contributed by atoms with Crippen molar-refractivity contribution < 1.29 is 4.74 Å². The van der Waals surface area contributed by atoms with Crippen LogP contribution in [0.15, 0.2) is 128 Å². The van der Waals surface area contributed by atoms with E-state index in [1.54, 1.807) is 0 Å². The first-order valence-electron chi connectivity index (χ1n) is 14.1. The molecule has 0 amide bonds. The summed E-state index contributed by atoms with van der Waals surface area (Å²) in [7, 11) is 0. The van der Waals surface area contributed by atoms with E-state index in [9.17, 15) is 0 Å². The molecule has 0 unspecified atom stereocenters. The van der Waals surface area contributed by atoms with Crippen LogP contribution in [0.1, 0.15) is 25.0 Å². The van der Waals surface area contributed by atoms with E-state index in [1.165, 1.54) is 31.3 Å². The first kappa shape index (κ1) is 24.8. The molecular formula is C37H27N3OS. The molecule has 0 bridgehead atoms. The van der Waals surface area contributed by atoms with Crippen molar-refractivity contribution in [2.45, 2.75) is 19.3 Å². The number of anilines is 3. The molecule has 0 fully saturated rings. The number of nitrogens with zero attached hydrogens (tertiary/aromatic N) is 3. The van der Waals surface area contributed by atoms with Crippen LogP contribution >= 0.6 is 11.3 Å². The minimum absolute atomic E-state index is 0.253. The van der Waals surface area contributed by atoms with Gasteiger partial charge in [-0.25, -0.2) is 4.98 Å². The molecule has 4 nitrogen and oxygen atoms in total. The molecule has 0 spiro atoms. The van der Waals surface area contributed by atoms with Crippen LogP contribution in [0.5, 0.6) is 11.5 Å². The van der Waals surface area contributed by atoms with Gasteiger partial charge in [-0.3, -0.25) is 9.88 Å². The molecule has 5 heteroatoms. The van der Waals surface area contributed by atoms with Gasteiger partial charge < -0.3 is 4.74 Å². The monoisotopic (exact) mass is 561 g/mol. The highest BCUT2D eigenvalue weighted by atomic mass is 32.1. The van der Waals surface area contributed by atoms with E-state index >= 15 is 0 Å². The van der Waals surface area contributed by atoms with Gasteiger partial charge in [0.1, 0.15) is 17.3 Å². The van der Waals surface area contributed by atoms with E-state index in [2.05, 4.69) is 90.5 Å². The fraction of sp³-hybridized carbons (Fsp3) is 0.0811. The first-order chi connectivity index (χ1) is 20.6. The average Bonchev–Trinajstić information content (AvgIpc) is 3.41. The number of ether oxygens (including phenoxy) is 1. The van der Waals surface area contributed by atoms with Gasteiger partial charge in [0.25, 0.3) is 0 Å². The average molecular weight is 562 g/mol. The lowest BCUT2D eigenvalue weighted by Crippen LogP contribution is -2.31. The summed E-state index contributed by atoms with van der Waals surface area (Å²) in [6.45, 7) is 4.67. The summed E-state index contributed by atoms with van der Waals surface area (Å²) in [4.78, 5) is 11.6. The van der Waals surface area contributed by atoms with Crippen LogP contribution in [0.3, 0.4) is 0 Å². The second kappa shape index (κ2) is 9.54. The van der Waals surface area contributed by atoms with Crippen molar-refractivity contribution in [3.05, 3.63) is 139 Å². The van der Waals surface area contributed by atoms with Crippen molar-refractivity contribution in [2.24, 2.45) is 0 Å². The predicted octanol–water partition coefficient (Wildman–Crippen LogP) is 10.4. The summed E-state index contributed by atoms with van der Waals surface area (Å²) >= 11 is 1.86. The van der Waals surface area contributed by atoms with Crippen LogP contribution in [0.2, 0.25) is 0 Å². The topological polar surface area (TPSA) is 38.2 Å². The molecule has 0 saturated heterocycles. The zero-order chi connectivity index (χ0) is 28.3. The van der Waals surface area contributed by atoms with E-state index in [4.69, 9.17) is 9.72 Å². The number of benzene rings is 4. The molecule has 0 radical (unpaired) electrons. The Morgan fingerprint density at radius 2 is 1.48 bits per heavy atom. The van der Waals surface area contributed by atoms with E-state index in [0.29, 0.717) is 0 Å². The Labute approximate surface area is 248 Å². The molecule has 0 saturated carbocycles. The summed E-state index contributed by atoms with van der Waals surface area (Å²) in [5.41, 5.74) is 6.46. The van der Waals surface area contributed by atoms with Crippen LogP contribution in [0, 0.1) is 0 Å². The van der Waals surface area contributed by atoms with Gasteiger partial charge in [-0.05, 0) is 71.8 Å². The number of hydrogen-bond donors (Lipinski definition) is 0. The van der Waals surface area contributed by atoms with Crippen LogP contribution in [0.4, 0.5) is 17.2 Å². The quantitative estimate of drug-likeness (QED) is 0.214. The molecule has 202 valence electrons. The van der Waals surface area contributed by atoms with Gasteiger partial charge in [-0.1, -0.05) is 62.4 Å². The van der Waals surface area contributed by atoms with Crippen LogP contribution < -0.4 is 9.64 Å². The minimum Gasteiger partial charge on any atom is -0.457 e. The number of thiophene rings is 1. The largest absolute Gasteiger partial charge is 0.457 e. The van der Waals surface area contributed by atoms with Gasteiger partial charge in [-0.2, -0.15) is 0 Å². The summed E-state index contributed by atoms with van der Waals surface area (Å²) in [5, 5.41) is 2.64. The highest BCUT2D eigenvalue weighted by Gasteiger charge is 2.39. The van der Waals surface area contributed by atoms with Gasteiger partial charge in [0.05, 0.1) is 17.1 Å². The molecule has 0 atom stereocenters.